The van der Waals surface area contributed by atoms with Gasteiger partial charge >= 0.3 is 6.01 Å². The Hall–Kier alpha value is -2.13. The molecule has 0 amide bonds. The molecule has 4 aliphatic rings. The van der Waals surface area contributed by atoms with Gasteiger partial charge in [-0.2, -0.15) is 9.97 Å². The lowest BCUT2D eigenvalue weighted by Crippen LogP contribution is -2.51. The predicted octanol–water partition coefficient (Wildman–Crippen LogP) is 6.71. The van der Waals surface area contributed by atoms with Crippen molar-refractivity contribution >= 4 is 76.4 Å². The zero-order valence-electron chi connectivity index (χ0n) is 23.3. The van der Waals surface area contributed by atoms with E-state index in [0.29, 0.717) is 24.7 Å². The van der Waals surface area contributed by atoms with E-state index in [2.05, 4.69) is 45.4 Å². The SMILES string of the molecule is Cl.Cl.Cl.Clc1cccc2cccc(-c3cnc4c(N5C[C@H]6CC[C@@H](C5)N6)nc(OCC56CCCN5CCC6)nc4c3)c12. The summed E-state index contributed by atoms with van der Waals surface area (Å²) in [6, 6.07) is 15.9. The molecule has 2 bridgehead atoms. The number of anilines is 1. The molecule has 1 N–H and O–H groups in total. The van der Waals surface area contributed by atoms with Crippen molar-refractivity contribution in [2.45, 2.75) is 56.1 Å². The van der Waals surface area contributed by atoms with Crippen molar-refractivity contribution < 1.29 is 4.74 Å². The van der Waals surface area contributed by atoms with Crippen LogP contribution in [0.2, 0.25) is 5.02 Å². The zero-order chi connectivity index (χ0) is 26.0. The molecule has 7 nitrogen and oxygen atoms in total. The normalized spacial score (nSPS) is 22.4. The summed E-state index contributed by atoms with van der Waals surface area (Å²) in [7, 11) is 0. The van der Waals surface area contributed by atoms with Crippen molar-refractivity contribution in [2.24, 2.45) is 0 Å². The maximum atomic E-state index is 6.68. The molecule has 0 radical (unpaired) electrons. The van der Waals surface area contributed by atoms with Crippen molar-refractivity contribution in [2.75, 3.05) is 37.7 Å². The van der Waals surface area contributed by atoms with Crippen molar-refractivity contribution in [3.63, 3.8) is 0 Å². The minimum Gasteiger partial charge on any atom is -0.461 e. The van der Waals surface area contributed by atoms with E-state index in [1.54, 1.807) is 0 Å². The average molecular weight is 650 g/mol. The molecule has 0 spiro atoms. The monoisotopic (exact) mass is 648 g/mol. The first-order valence-electron chi connectivity index (χ1n) is 14.4. The molecule has 2 aromatic heterocycles. The van der Waals surface area contributed by atoms with E-state index < -0.39 is 0 Å². The smallest absolute Gasteiger partial charge is 0.319 e. The second-order valence-corrected chi connectivity index (χ2v) is 12.2. The standard InChI is InChI=1S/C31H33ClN6O.3ClH/c32-25-8-2-6-20-5-1-7-24(27(20)25)21-15-26-28(33-16-21)29(37-17-22-9-10-23(18-37)34-22)36-30(35-26)39-19-31-11-3-13-38(31)14-4-12-31;;;/h1-2,5-8,15-16,22-23,34H,3-4,9-14,17-19H2;3*1H/t22-,23+;;;. The van der Waals surface area contributed by atoms with E-state index in [-0.39, 0.29) is 42.8 Å². The summed E-state index contributed by atoms with van der Waals surface area (Å²) >= 11 is 6.68. The van der Waals surface area contributed by atoms with Crippen LogP contribution >= 0.6 is 48.8 Å². The summed E-state index contributed by atoms with van der Waals surface area (Å²) in [5.41, 5.74) is 3.84. The van der Waals surface area contributed by atoms with Crippen LogP contribution in [0.1, 0.15) is 38.5 Å². The third-order valence-corrected chi connectivity index (χ3v) is 9.77. The van der Waals surface area contributed by atoms with Crippen molar-refractivity contribution in [3.05, 3.63) is 53.7 Å². The van der Waals surface area contributed by atoms with Crippen LogP contribution in [0.15, 0.2) is 48.7 Å². The number of fused-ring (bicyclic) bond motifs is 5. The van der Waals surface area contributed by atoms with Gasteiger partial charge in [0.05, 0.1) is 11.1 Å². The highest BCUT2D eigenvalue weighted by Crippen LogP contribution is 2.40. The van der Waals surface area contributed by atoms with E-state index >= 15 is 0 Å². The van der Waals surface area contributed by atoms with Gasteiger partial charge in [-0.15, -0.1) is 37.2 Å². The van der Waals surface area contributed by atoms with E-state index in [0.717, 1.165) is 56.9 Å². The summed E-state index contributed by atoms with van der Waals surface area (Å²) < 4.78 is 6.48. The second kappa shape index (κ2) is 12.5. The Bertz CT molecular complexity index is 1560. The highest BCUT2D eigenvalue weighted by molar-refractivity contribution is 6.36. The fourth-order valence-corrected chi connectivity index (χ4v) is 7.86. The van der Waals surface area contributed by atoms with Gasteiger partial charge in [0.15, 0.2) is 5.82 Å². The van der Waals surface area contributed by atoms with Crippen LogP contribution in [0.25, 0.3) is 32.9 Å². The number of ether oxygens (including phenoxy) is 1. The first-order valence-corrected chi connectivity index (χ1v) is 14.8. The van der Waals surface area contributed by atoms with Crippen molar-refractivity contribution in [1.82, 2.24) is 25.2 Å². The number of piperazine rings is 1. The van der Waals surface area contributed by atoms with Gasteiger partial charge in [0.2, 0.25) is 0 Å². The van der Waals surface area contributed by atoms with Gasteiger partial charge in [0.25, 0.3) is 0 Å². The van der Waals surface area contributed by atoms with E-state index in [9.17, 15) is 0 Å². The number of rotatable bonds is 5. The van der Waals surface area contributed by atoms with Gasteiger partial charge in [-0.05, 0) is 74.7 Å². The summed E-state index contributed by atoms with van der Waals surface area (Å²) in [4.78, 5) is 20.0. The maximum absolute atomic E-state index is 6.68. The molecule has 0 aliphatic carbocycles. The molecule has 4 fully saturated rings. The minimum atomic E-state index is 0. The quantitative estimate of drug-likeness (QED) is 0.258. The van der Waals surface area contributed by atoms with Gasteiger partial charge in [-0.1, -0.05) is 41.9 Å². The van der Waals surface area contributed by atoms with E-state index in [1.165, 1.54) is 51.6 Å². The van der Waals surface area contributed by atoms with Crippen LogP contribution in [0.3, 0.4) is 0 Å². The number of benzene rings is 2. The number of halogens is 4. The molecule has 224 valence electrons. The largest absolute Gasteiger partial charge is 0.461 e. The lowest BCUT2D eigenvalue weighted by atomic mass is 9.95. The van der Waals surface area contributed by atoms with Gasteiger partial charge < -0.3 is 15.0 Å². The number of hydrogen-bond donors (Lipinski definition) is 1. The minimum absolute atomic E-state index is 0. The number of nitrogens with one attached hydrogen (secondary N) is 1. The summed E-state index contributed by atoms with van der Waals surface area (Å²) in [6.07, 6.45) is 9.26. The van der Waals surface area contributed by atoms with Crippen LogP contribution in [0.4, 0.5) is 5.82 Å². The van der Waals surface area contributed by atoms with Crippen LogP contribution in [0.5, 0.6) is 6.01 Å². The molecule has 4 aliphatic heterocycles. The molecule has 4 aromatic rings. The topological polar surface area (TPSA) is 66.4 Å². The number of nitrogens with zero attached hydrogens (tertiary/aromatic N) is 5. The molecule has 8 rings (SSSR count). The van der Waals surface area contributed by atoms with Crippen LogP contribution in [-0.4, -0.2) is 70.3 Å². The van der Waals surface area contributed by atoms with Crippen molar-refractivity contribution in [1.29, 1.82) is 0 Å². The summed E-state index contributed by atoms with van der Waals surface area (Å²) in [5.74, 6) is 0.892. The van der Waals surface area contributed by atoms with Gasteiger partial charge in [-0.25, -0.2) is 0 Å². The highest BCUT2D eigenvalue weighted by Gasteiger charge is 2.45. The predicted molar refractivity (Wildman–Crippen MR) is 177 cm³/mol. The summed E-state index contributed by atoms with van der Waals surface area (Å²) in [5, 5.41) is 6.62. The molecule has 2 aromatic carbocycles. The fourth-order valence-electron chi connectivity index (χ4n) is 7.58. The molecule has 4 saturated heterocycles. The van der Waals surface area contributed by atoms with E-state index in [1.807, 2.05) is 18.3 Å². The van der Waals surface area contributed by atoms with E-state index in [4.69, 9.17) is 31.3 Å². The average Bonchev–Trinajstić information content (AvgIpc) is 3.64. The van der Waals surface area contributed by atoms with Gasteiger partial charge in [0.1, 0.15) is 12.1 Å². The Kier molecular flexibility index (Phi) is 9.29. The number of pyridine rings is 1. The highest BCUT2D eigenvalue weighted by atomic mass is 35.5. The van der Waals surface area contributed by atoms with Gasteiger partial charge in [-0.3, -0.25) is 9.88 Å². The Morgan fingerprint density at radius 2 is 1.67 bits per heavy atom. The molecule has 2 atom stereocenters. The first-order chi connectivity index (χ1) is 19.1. The molecular weight excluding hydrogens is 614 g/mol. The molecule has 6 heterocycles. The van der Waals surface area contributed by atoms with Gasteiger partial charge in [0, 0.05) is 47.3 Å². The third-order valence-electron chi connectivity index (χ3n) is 9.46. The molecule has 0 saturated carbocycles. The molecular formula is C31H36Cl4N6O. The zero-order valence-corrected chi connectivity index (χ0v) is 26.5. The Labute approximate surface area is 270 Å². The van der Waals surface area contributed by atoms with Crippen LogP contribution in [0, 0.1) is 0 Å². The molecule has 11 heteroatoms. The molecule has 42 heavy (non-hydrogen) atoms. The Morgan fingerprint density at radius 3 is 2.40 bits per heavy atom. The lowest BCUT2D eigenvalue weighted by molar-refractivity contribution is 0.108. The van der Waals surface area contributed by atoms with Crippen LogP contribution < -0.4 is 15.0 Å². The Morgan fingerprint density at radius 1 is 0.952 bits per heavy atom. The number of aromatic nitrogens is 3. The lowest BCUT2D eigenvalue weighted by Gasteiger charge is -2.34. The first kappa shape index (κ1) is 31.3. The second-order valence-electron chi connectivity index (χ2n) is 11.8. The maximum Gasteiger partial charge on any atom is 0.319 e. The fraction of sp³-hybridized carbons (Fsp3) is 0.452. The van der Waals surface area contributed by atoms with Crippen molar-refractivity contribution in [3.8, 4) is 17.1 Å². The third kappa shape index (κ3) is 5.37. The number of hydrogen-bond acceptors (Lipinski definition) is 7. The Balaban J connectivity index is 0.00000118. The van der Waals surface area contributed by atoms with Crippen LogP contribution in [-0.2, 0) is 0 Å². The summed E-state index contributed by atoms with van der Waals surface area (Å²) in [6.45, 7) is 4.87. The molecule has 0 unspecified atom stereocenters.